The Labute approximate surface area is 198 Å². The topological polar surface area (TPSA) is 60.2 Å². The summed E-state index contributed by atoms with van der Waals surface area (Å²) >= 11 is 1.48. The van der Waals surface area contributed by atoms with E-state index >= 15 is 0 Å². The summed E-state index contributed by atoms with van der Waals surface area (Å²) in [7, 11) is 0. The highest BCUT2D eigenvalue weighted by atomic mass is 32.1. The van der Waals surface area contributed by atoms with Crippen LogP contribution in [-0.2, 0) is 6.42 Å². The number of nitrogens with one attached hydrogen (secondary N) is 1. The van der Waals surface area contributed by atoms with Crippen LogP contribution in [0.5, 0.6) is 0 Å². The number of rotatable bonds is 7. The smallest absolute Gasteiger partial charge is 0.135 e. The van der Waals surface area contributed by atoms with Gasteiger partial charge >= 0.3 is 0 Å². The molecule has 0 radical (unpaired) electrons. The van der Waals surface area contributed by atoms with Crippen LogP contribution in [0.1, 0.15) is 17.0 Å². The molecule has 0 fully saturated rings. The molecule has 1 aliphatic rings. The van der Waals surface area contributed by atoms with E-state index in [2.05, 4.69) is 48.5 Å². The number of nitrogens with zero attached hydrogens (tertiary/aromatic N) is 2. The van der Waals surface area contributed by atoms with Crippen LogP contribution in [0.4, 0.5) is 0 Å². The predicted octanol–water partition coefficient (Wildman–Crippen LogP) is 6.67. The highest BCUT2D eigenvalue weighted by molar-refractivity contribution is 7.11. The first kappa shape index (κ1) is 21.2. The van der Waals surface area contributed by atoms with Crippen molar-refractivity contribution >= 4 is 22.7 Å². The summed E-state index contributed by atoms with van der Waals surface area (Å²) in [4.78, 5) is 6.70. The van der Waals surface area contributed by atoms with Crippen molar-refractivity contribution in [1.82, 2.24) is 9.88 Å². The maximum Gasteiger partial charge on any atom is 0.135 e. The van der Waals surface area contributed by atoms with E-state index in [9.17, 15) is 5.11 Å². The largest absolute Gasteiger partial charge is 0.510 e. The van der Waals surface area contributed by atoms with E-state index in [0.717, 1.165) is 30.6 Å². The molecule has 0 saturated carbocycles. The highest BCUT2D eigenvalue weighted by Crippen LogP contribution is 2.33. The van der Waals surface area contributed by atoms with E-state index in [1.807, 2.05) is 46.7 Å². The van der Waals surface area contributed by atoms with Gasteiger partial charge in [-0.25, -0.2) is 4.98 Å². The SMILES string of the molecule is N=C1C(c2nc(-c3ccc(-c4ccccc4)cc3)cs2)=C(O)CN1CCCc1ccccc1. The van der Waals surface area contributed by atoms with Crippen LogP contribution in [0.2, 0.25) is 0 Å². The Morgan fingerprint density at radius 2 is 1.48 bits per heavy atom. The number of aliphatic hydroxyl groups is 1. The lowest BCUT2D eigenvalue weighted by molar-refractivity contribution is 0.347. The molecule has 0 saturated heterocycles. The Morgan fingerprint density at radius 1 is 0.848 bits per heavy atom. The van der Waals surface area contributed by atoms with Gasteiger partial charge in [-0.3, -0.25) is 5.41 Å². The van der Waals surface area contributed by atoms with Crippen molar-refractivity contribution in [2.45, 2.75) is 12.8 Å². The van der Waals surface area contributed by atoms with Gasteiger partial charge in [0.25, 0.3) is 0 Å². The molecule has 1 aliphatic heterocycles. The van der Waals surface area contributed by atoms with Crippen molar-refractivity contribution in [3.63, 3.8) is 0 Å². The third-order valence-corrected chi connectivity index (χ3v) is 6.78. The first-order valence-corrected chi connectivity index (χ1v) is 12.0. The molecule has 3 aromatic carbocycles. The quantitative estimate of drug-likeness (QED) is 0.330. The Kier molecular flexibility index (Phi) is 6.05. The fourth-order valence-electron chi connectivity index (χ4n) is 4.15. The molecule has 4 aromatic rings. The van der Waals surface area contributed by atoms with Crippen LogP contribution in [-0.4, -0.2) is 33.9 Å². The van der Waals surface area contributed by atoms with Crippen molar-refractivity contribution in [2.24, 2.45) is 0 Å². The van der Waals surface area contributed by atoms with E-state index in [0.29, 0.717) is 23.0 Å². The second kappa shape index (κ2) is 9.43. The van der Waals surface area contributed by atoms with Crippen LogP contribution in [0.3, 0.4) is 0 Å². The molecule has 0 amide bonds. The minimum atomic E-state index is 0.236. The molecule has 0 unspecified atom stereocenters. The van der Waals surface area contributed by atoms with Gasteiger partial charge in [0.2, 0.25) is 0 Å². The van der Waals surface area contributed by atoms with Gasteiger partial charge in [0, 0.05) is 17.5 Å². The number of amidine groups is 1. The Balaban J connectivity index is 1.26. The molecule has 0 atom stereocenters. The molecule has 2 heterocycles. The van der Waals surface area contributed by atoms with Gasteiger partial charge in [0.05, 0.1) is 17.8 Å². The van der Waals surface area contributed by atoms with Gasteiger partial charge < -0.3 is 10.0 Å². The minimum Gasteiger partial charge on any atom is -0.510 e. The van der Waals surface area contributed by atoms with E-state index in [1.165, 1.54) is 28.0 Å². The summed E-state index contributed by atoms with van der Waals surface area (Å²) in [6.07, 6.45) is 1.89. The normalized spacial score (nSPS) is 13.7. The molecular weight excluding hydrogens is 426 g/mol. The summed E-state index contributed by atoms with van der Waals surface area (Å²) in [5, 5.41) is 21.9. The lowest BCUT2D eigenvalue weighted by atomic mass is 10.0. The molecule has 33 heavy (non-hydrogen) atoms. The lowest BCUT2D eigenvalue weighted by Gasteiger charge is -2.18. The van der Waals surface area contributed by atoms with E-state index in [1.54, 1.807) is 0 Å². The summed E-state index contributed by atoms with van der Waals surface area (Å²) in [6.45, 7) is 1.12. The average molecular weight is 452 g/mol. The monoisotopic (exact) mass is 451 g/mol. The summed E-state index contributed by atoms with van der Waals surface area (Å²) in [6, 6.07) is 29.0. The molecule has 164 valence electrons. The minimum absolute atomic E-state index is 0.236. The predicted molar refractivity (Wildman–Crippen MR) is 137 cm³/mol. The maximum atomic E-state index is 10.6. The maximum absolute atomic E-state index is 10.6. The van der Waals surface area contributed by atoms with Crippen LogP contribution in [0.25, 0.3) is 28.0 Å². The fraction of sp³-hybridized carbons (Fsp3) is 0.143. The van der Waals surface area contributed by atoms with Gasteiger partial charge in [-0.2, -0.15) is 0 Å². The van der Waals surface area contributed by atoms with Gasteiger partial charge in [0.15, 0.2) is 0 Å². The van der Waals surface area contributed by atoms with Gasteiger partial charge in [-0.05, 0) is 29.5 Å². The molecule has 5 rings (SSSR count). The first-order chi connectivity index (χ1) is 16.2. The zero-order chi connectivity index (χ0) is 22.6. The number of aliphatic hydroxyl groups excluding tert-OH is 1. The summed E-state index contributed by atoms with van der Waals surface area (Å²) < 4.78 is 0. The zero-order valence-electron chi connectivity index (χ0n) is 18.2. The third-order valence-electron chi connectivity index (χ3n) is 5.92. The third kappa shape index (κ3) is 4.59. The van der Waals surface area contributed by atoms with Crippen LogP contribution in [0, 0.1) is 5.41 Å². The average Bonchev–Trinajstić information content (AvgIpc) is 3.44. The van der Waals surface area contributed by atoms with E-state index < -0.39 is 0 Å². The van der Waals surface area contributed by atoms with Crippen molar-refractivity contribution in [2.75, 3.05) is 13.1 Å². The van der Waals surface area contributed by atoms with Crippen molar-refractivity contribution in [3.05, 3.63) is 107 Å². The summed E-state index contributed by atoms with van der Waals surface area (Å²) in [5.74, 6) is 0.598. The van der Waals surface area contributed by atoms with Crippen LogP contribution < -0.4 is 0 Å². The molecule has 0 aliphatic carbocycles. The Morgan fingerprint density at radius 3 is 2.21 bits per heavy atom. The standard InChI is InChI=1S/C28H25N3OS/c29-27-26(25(32)18-31(27)17-7-10-20-8-3-1-4-9-20)28-30-24(19-33-28)23-15-13-22(14-16-23)21-11-5-2-6-12-21/h1-6,8-9,11-16,19,29,32H,7,10,17-18H2. The molecule has 2 N–H and O–H groups in total. The van der Waals surface area contributed by atoms with Crippen molar-refractivity contribution < 1.29 is 5.11 Å². The molecule has 0 spiro atoms. The Bertz CT molecular complexity index is 1280. The first-order valence-electron chi connectivity index (χ1n) is 11.1. The number of hydrogen-bond acceptors (Lipinski definition) is 4. The second-order valence-corrected chi connectivity index (χ2v) is 9.02. The number of hydrogen-bond donors (Lipinski definition) is 2. The van der Waals surface area contributed by atoms with Crippen LogP contribution in [0.15, 0.2) is 96.1 Å². The Hall–Kier alpha value is -3.70. The molecule has 5 heteroatoms. The molecular formula is C28H25N3OS. The van der Waals surface area contributed by atoms with Crippen molar-refractivity contribution in [3.8, 4) is 22.4 Å². The number of aromatic nitrogens is 1. The molecule has 1 aromatic heterocycles. The van der Waals surface area contributed by atoms with E-state index in [4.69, 9.17) is 10.4 Å². The van der Waals surface area contributed by atoms with Gasteiger partial charge in [-0.15, -0.1) is 11.3 Å². The van der Waals surface area contributed by atoms with Gasteiger partial charge in [0.1, 0.15) is 16.6 Å². The zero-order valence-corrected chi connectivity index (χ0v) is 19.1. The number of benzene rings is 3. The van der Waals surface area contributed by atoms with Crippen LogP contribution >= 0.6 is 11.3 Å². The molecule has 0 bridgehead atoms. The van der Waals surface area contributed by atoms with Crippen molar-refractivity contribution in [1.29, 1.82) is 5.41 Å². The number of thiazole rings is 1. The summed E-state index contributed by atoms with van der Waals surface area (Å²) in [5.41, 5.74) is 6.10. The van der Waals surface area contributed by atoms with Gasteiger partial charge in [-0.1, -0.05) is 84.9 Å². The molecule has 4 nitrogen and oxygen atoms in total. The lowest BCUT2D eigenvalue weighted by Crippen LogP contribution is -2.28. The second-order valence-electron chi connectivity index (χ2n) is 8.16. The number of aryl methyl sites for hydroxylation is 1. The highest BCUT2D eigenvalue weighted by Gasteiger charge is 2.29. The van der Waals surface area contributed by atoms with E-state index in [-0.39, 0.29) is 5.76 Å². The fourth-order valence-corrected chi connectivity index (χ4v) is 5.05.